The molecule has 0 fully saturated rings. The van der Waals surface area contributed by atoms with E-state index in [4.69, 9.17) is 0 Å². The Morgan fingerprint density at radius 3 is 2.29 bits per heavy atom. The molecule has 108 valence electrons. The lowest BCUT2D eigenvalue weighted by Gasteiger charge is -2.21. The van der Waals surface area contributed by atoms with Crippen LogP contribution < -0.4 is 0 Å². The van der Waals surface area contributed by atoms with Crippen LogP contribution in [-0.4, -0.2) is 23.9 Å². The number of amides is 1. The summed E-state index contributed by atoms with van der Waals surface area (Å²) in [6.45, 7) is 1.33. The molecule has 3 rings (SSSR count). The normalized spacial score (nSPS) is 14.5. The quantitative estimate of drug-likeness (QED) is 0.767. The molecule has 0 saturated carbocycles. The van der Waals surface area contributed by atoms with Crippen molar-refractivity contribution in [3.63, 3.8) is 0 Å². The van der Waals surface area contributed by atoms with Gasteiger partial charge in [-0.1, -0.05) is 24.3 Å². The highest BCUT2D eigenvalue weighted by atomic mass is 79.9. The molecule has 1 heterocycles. The van der Waals surface area contributed by atoms with Crippen LogP contribution in [0.15, 0.2) is 46.9 Å². The summed E-state index contributed by atoms with van der Waals surface area (Å²) in [5, 5.41) is 0. The minimum Gasteiger partial charge on any atom is -0.338 e. The summed E-state index contributed by atoms with van der Waals surface area (Å²) in [6, 6.07) is 12.5. The Morgan fingerprint density at radius 2 is 1.67 bits per heavy atom. The van der Waals surface area contributed by atoms with E-state index in [-0.39, 0.29) is 11.7 Å². The van der Waals surface area contributed by atoms with E-state index in [1.54, 1.807) is 11.0 Å². The Hall–Kier alpha value is -1.68. The van der Waals surface area contributed by atoms with Crippen molar-refractivity contribution in [2.45, 2.75) is 12.8 Å². The van der Waals surface area contributed by atoms with Gasteiger partial charge < -0.3 is 4.90 Å². The van der Waals surface area contributed by atoms with Gasteiger partial charge in [-0.05, 0) is 58.1 Å². The number of fused-ring (bicyclic) bond motifs is 1. The van der Waals surface area contributed by atoms with Crippen LogP contribution in [0, 0.1) is 5.82 Å². The van der Waals surface area contributed by atoms with Crippen LogP contribution in [-0.2, 0) is 12.8 Å². The van der Waals surface area contributed by atoms with Gasteiger partial charge >= 0.3 is 0 Å². The summed E-state index contributed by atoms with van der Waals surface area (Å²) in [7, 11) is 0. The number of hydrogen-bond acceptors (Lipinski definition) is 1. The Labute approximate surface area is 131 Å². The highest BCUT2D eigenvalue weighted by Gasteiger charge is 2.21. The zero-order valence-electron chi connectivity index (χ0n) is 11.5. The number of benzene rings is 2. The van der Waals surface area contributed by atoms with Gasteiger partial charge in [-0.15, -0.1) is 0 Å². The fraction of sp³-hybridized carbons (Fsp3) is 0.235. The lowest BCUT2D eigenvalue weighted by Crippen LogP contribution is -2.33. The molecule has 0 saturated heterocycles. The largest absolute Gasteiger partial charge is 0.338 e. The van der Waals surface area contributed by atoms with Gasteiger partial charge in [0.15, 0.2) is 0 Å². The maximum atomic E-state index is 13.4. The molecule has 21 heavy (non-hydrogen) atoms. The van der Waals surface area contributed by atoms with E-state index in [9.17, 15) is 9.18 Å². The predicted molar refractivity (Wildman–Crippen MR) is 83.9 cm³/mol. The number of carbonyl (C=O) groups is 1. The first-order chi connectivity index (χ1) is 10.1. The van der Waals surface area contributed by atoms with Crippen LogP contribution in [0.1, 0.15) is 21.5 Å². The Morgan fingerprint density at radius 1 is 1.05 bits per heavy atom. The van der Waals surface area contributed by atoms with Gasteiger partial charge in [-0.25, -0.2) is 4.39 Å². The van der Waals surface area contributed by atoms with E-state index in [1.807, 2.05) is 12.1 Å². The standard InChI is InChI=1S/C17H15BrFNO/c18-16-6-5-14(19)11-15(16)17(21)20-9-7-12-3-1-2-4-13(12)8-10-20/h1-6,11H,7-10H2. The molecule has 0 bridgehead atoms. The molecule has 2 aromatic rings. The fourth-order valence-corrected chi connectivity index (χ4v) is 3.12. The number of carbonyl (C=O) groups excluding carboxylic acids is 1. The van der Waals surface area contributed by atoms with Crippen LogP contribution in [0.4, 0.5) is 4.39 Å². The smallest absolute Gasteiger partial charge is 0.255 e. The first-order valence-corrected chi connectivity index (χ1v) is 7.75. The van der Waals surface area contributed by atoms with Gasteiger partial charge in [-0.3, -0.25) is 4.79 Å². The first kappa shape index (κ1) is 14.3. The zero-order valence-corrected chi connectivity index (χ0v) is 13.1. The van der Waals surface area contributed by atoms with Crippen LogP contribution in [0.3, 0.4) is 0 Å². The number of rotatable bonds is 1. The minimum atomic E-state index is -0.389. The van der Waals surface area contributed by atoms with Crippen LogP contribution in [0.25, 0.3) is 0 Å². The van der Waals surface area contributed by atoms with Gasteiger partial charge in [0.05, 0.1) is 5.56 Å². The van der Waals surface area contributed by atoms with Gasteiger partial charge in [0, 0.05) is 17.6 Å². The average Bonchev–Trinajstić information content (AvgIpc) is 2.71. The van der Waals surface area contributed by atoms with Gasteiger partial charge in [-0.2, -0.15) is 0 Å². The Balaban J connectivity index is 1.82. The maximum Gasteiger partial charge on any atom is 0.255 e. The molecule has 0 spiro atoms. The van der Waals surface area contributed by atoms with Crippen LogP contribution in [0.2, 0.25) is 0 Å². The molecule has 1 aliphatic heterocycles. The Kier molecular flexibility index (Phi) is 4.06. The second-order valence-electron chi connectivity index (χ2n) is 5.19. The van der Waals surface area contributed by atoms with Crippen LogP contribution in [0.5, 0.6) is 0 Å². The highest BCUT2D eigenvalue weighted by molar-refractivity contribution is 9.10. The number of halogens is 2. The summed E-state index contributed by atoms with van der Waals surface area (Å²) in [5.41, 5.74) is 2.98. The minimum absolute atomic E-state index is 0.116. The third-order valence-corrected chi connectivity index (χ3v) is 4.56. The molecule has 2 nitrogen and oxygen atoms in total. The molecule has 2 aromatic carbocycles. The van der Waals surface area contributed by atoms with Gasteiger partial charge in [0.1, 0.15) is 5.82 Å². The maximum absolute atomic E-state index is 13.4. The lowest BCUT2D eigenvalue weighted by atomic mass is 10.0. The lowest BCUT2D eigenvalue weighted by molar-refractivity contribution is 0.0761. The van der Waals surface area contributed by atoms with Crippen molar-refractivity contribution in [3.05, 3.63) is 69.4 Å². The van der Waals surface area contributed by atoms with E-state index in [0.717, 1.165) is 12.8 Å². The molecule has 1 aliphatic rings. The van der Waals surface area contributed by atoms with Crippen LogP contribution >= 0.6 is 15.9 Å². The fourth-order valence-electron chi connectivity index (χ4n) is 2.70. The van der Waals surface area contributed by atoms with E-state index in [2.05, 4.69) is 28.1 Å². The Bertz CT molecular complexity index is 659. The summed E-state index contributed by atoms with van der Waals surface area (Å²) in [4.78, 5) is 14.4. The van der Waals surface area contributed by atoms with Crippen molar-refractivity contribution in [1.29, 1.82) is 0 Å². The second kappa shape index (κ2) is 5.98. The summed E-state index contributed by atoms with van der Waals surface area (Å²) < 4.78 is 14.0. The SMILES string of the molecule is O=C(c1cc(F)ccc1Br)N1CCc2ccccc2CC1. The molecular weight excluding hydrogens is 333 g/mol. The molecule has 0 aromatic heterocycles. The molecule has 0 atom stereocenters. The van der Waals surface area contributed by atoms with Crippen molar-refractivity contribution in [3.8, 4) is 0 Å². The molecular formula is C17H15BrFNO. The van der Waals surface area contributed by atoms with E-state index in [1.165, 1.54) is 23.3 Å². The summed E-state index contributed by atoms with van der Waals surface area (Å²) in [5.74, 6) is -0.506. The number of nitrogens with zero attached hydrogens (tertiary/aromatic N) is 1. The number of hydrogen-bond donors (Lipinski definition) is 0. The molecule has 0 aliphatic carbocycles. The van der Waals surface area contributed by atoms with Crippen molar-refractivity contribution in [2.75, 3.05) is 13.1 Å². The van der Waals surface area contributed by atoms with Gasteiger partial charge in [0.25, 0.3) is 5.91 Å². The third kappa shape index (κ3) is 3.00. The average molecular weight is 348 g/mol. The highest BCUT2D eigenvalue weighted by Crippen LogP contribution is 2.22. The van der Waals surface area contributed by atoms with Gasteiger partial charge in [0.2, 0.25) is 0 Å². The molecule has 0 unspecified atom stereocenters. The topological polar surface area (TPSA) is 20.3 Å². The first-order valence-electron chi connectivity index (χ1n) is 6.96. The van der Waals surface area contributed by atoms with E-state index >= 15 is 0 Å². The van der Waals surface area contributed by atoms with Crippen molar-refractivity contribution >= 4 is 21.8 Å². The van der Waals surface area contributed by atoms with E-state index < -0.39 is 0 Å². The zero-order chi connectivity index (χ0) is 14.8. The molecule has 0 N–H and O–H groups in total. The molecule has 1 amide bonds. The monoisotopic (exact) mass is 347 g/mol. The van der Waals surface area contributed by atoms with Crippen molar-refractivity contribution in [1.82, 2.24) is 4.90 Å². The molecule has 4 heteroatoms. The second-order valence-corrected chi connectivity index (χ2v) is 6.04. The summed E-state index contributed by atoms with van der Waals surface area (Å²) >= 11 is 3.33. The third-order valence-electron chi connectivity index (χ3n) is 3.87. The van der Waals surface area contributed by atoms with Crippen molar-refractivity contribution < 1.29 is 9.18 Å². The van der Waals surface area contributed by atoms with Crippen molar-refractivity contribution in [2.24, 2.45) is 0 Å². The molecule has 0 radical (unpaired) electrons. The predicted octanol–water partition coefficient (Wildman–Crippen LogP) is 3.83. The summed E-state index contributed by atoms with van der Waals surface area (Å²) in [6.07, 6.45) is 1.68. The van der Waals surface area contributed by atoms with E-state index in [0.29, 0.717) is 23.1 Å².